The Morgan fingerprint density at radius 3 is 2.73 bits per heavy atom. The fraction of sp³-hybridized carbons (Fsp3) is 0.526. The van der Waals surface area contributed by atoms with Gasteiger partial charge in [-0.2, -0.15) is 10.2 Å². The highest BCUT2D eigenvalue weighted by molar-refractivity contribution is 5.79. The van der Waals surface area contributed by atoms with Crippen molar-refractivity contribution in [1.29, 1.82) is 5.26 Å². The molecular weight excluding hydrogens is 332 g/mol. The van der Waals surface area contributed by atoms with Crippen molar-refractivity contribution in [2.75, 3.05) is 31.1 Å². The van der Waals surface area contributed by atoms with Crippen molar-refractivity contribution in [3.05, 3.63) is 24.1 Å². The van der Waals surface area contributed by atoms with Gasteiger partial charge in [-0.25, -0.2) is 0 Å². The smallest absolute Gasteiger partial charge is 0.266 e. The summed E-state index contributed by atoms with van der Waals surface area (Å²) in [4.78, 5) is 20.9. The molecule has 2 fully saturated rings. The molecule has 4 heterocycles. The molecule has 0 N–H and O–H groups in total. The number of oxazole rings is 1. The van der Waals surface area contributed by atoms with Gasteiger partial charge in [0.2, 0.25) is 17.5 Å². The summed E-state index contributed by atoms with van der Waals surface area (Å²) < 4.78 is 11.1. The van der Waals surface area contributed by atoms with Gasteiger partial charge in [-0.05, 0) is 37.3 Å². The van der Waals surface area contributed by atoms with Crippen molar-refractivity contribution in [3.8, 4) is 17.7 Å². The zero-order valence-corrected chi connectivity index (χ0v) is 14.9. The van der Waals surface area contributed by atoms with Crippen LogP contribution >= 0.6 is 0 Å². The number of amides is 1. The maximum Gasteiger partial charge on any atom is 0.266 e. The molecule has 2 aromatic rings. The third-order valence-corrected chi connectivity index (χ3v) is 5.31. The van der Waals surface area contributed by atoms with Gasteiger partial charge in [0.15, 0.2) is 5.76 Å². The predicted octanol–water partition coefficient (Wildman–Crippen LogP) is 2.89. The molecule has 0 bridgehead atoms. The standard InChI is InChI=1S/C19H22N4O3/c1-13-4-7-23(12-13)18(24)14-5-8-22(9-6-14)19-15(11-20)21-17(26-19)16-3-2-10-25-16/h2-3,10,13-14H,4-9,12H2,1H3/t13-/m1/s1. The van der Waals surface area contributed by atoms with Crippen LogP contribution < -0.4 is 4.90 Å². The number of rotatable bonds is 3. The molecule has 26 heavy (non-hydrogen) atoms. The highest BCUT2D eigenvalue weighted by atomic mass is 16.4. The first-order valence-corrected chi connectivity index (χ1v) is 9.14. The monoisotopic (exact) mass is 354 g/mol. The Morgan fingerprint density at radius 2 is 2.12 bits per heavy atom. The third-order valence-electron chi connectivity index (χ3n) is 5.31. The van der Waals surface area contributed by atoms with E-state index in [9.17, 15) is 10.1 Å². The van der Waals surface area contributed by atoms with E-state index in [2.05, 4.69) is 18.0 Å². The van der Waals surface area contributed by atoms with E-state index >= 15 is 0 Å². The van der Waals surface area contributed by atoms with Crippen LogP contribution in [0.25, 0.3) is 11.7 Å². The fourth-order valence-corrected chi connectivity index (χ4v) is 3.83. The van der Waals surface area contributed by atoms with E-state index in [1.807, 2.05) is 9.80 Å². The lowest BCUT2D eigenvalue weighted by Gasteiger charge is -2.32. The zero-order chi connectivity index (χ0) is 18.1. The first kappa shape index (κ1) is 16.7. The second-order valence-corrected chi connectivity index (χ2v) is 7.20. The molecule has 7 nitrogen and oxygen atoms in total. The molecule has 2 aromatic heterocycles. The molecule has 0 spiro atoms. The minimum Gasteiger partial charge on any atom is -0.459 e. The van der Waals surface area contributed by atoms with E-state index in [0.717, 1.165) is 32.4 Å². The van der Waals surface area contributed by atoms with Crippen LogP contribution in [0.15, 0.2) is 27.2 Å². The lowest BCUT2D eigenvalue weighted by molar-refractivity contribution is -0.135. The number of piperidine rings is 1. The summed E-state index contributed by atoms with van der Waals surface area (Å²) in [6, 6.07) is 5.60. The number of hydrogen-bond acceptors (Lipinski definition) is 6. The second-order valence-electron chi connectivity index (χ2n) is 7.20. The van der Waals surface area contributed by atoms with Crippen molar-refractivity contribution >= 4 is 11.8 Å². The van der Waals surface area contributed by atoms with Crippen LogP contribution in [0.1, 0.15) is 31.9 Å². The van der Waals surface area contributed by atoms with Crippen molar-refractivity contribution in [2.24, 2.45) is 11.8 Å². The number of nitrogens with zero attached hydrogens (tertiary/aromatic N) is 4. The molecule has 1 amide bonds. The Morgan fingerprint density at radius 1 is 1.31 bits per heavy atom. The van der Waals surface area contributed by atoms with Gasteiger partial charge in [-0.15, -0.1) is 0 Å². The van der Waals surface area contributed by atoms with E-state index in [-0.39, 0.29) is 17.5 Å². The van der Waals surface area contributed by atoms with Crippen LogP contribution in [-0.2, 0) is 4.79 Å². The number of aromatic nitrogens is 1. The quantitative estimate of drug-likeness (QED) is 0.842. The second kappa shape index (κ2) is 6.87. The summed E-state index contributed by atoms with van der Waals surface area (Å²) in [5.74, 6) is 2.23. The molecule has 0 radical (unpaired) electrons. The number of anilines is 1. The molecule has 136 valence electrons. The number of furan rings is 1. The van der Waals surface area contributed by atoms with E-state index < -0.39 is 0 Å². The Kier molecular flexibility index (Phi) is 4.41. The fourth-order valence-electron chi connectivity index (χ4n) is 3.83. The Balaban J connectivity index is 1.43. The molecule has 1 atom stereocenters. The summed E-state index contributed by atoms with van der Waals surface area (Å²) in [5.41, 5.74) is 0.259. The van der Waals surface area contributed by atoms with Gasteiger partial charge in [0.1, 0.15) is 6.07 Å². The molecule has 0 unspecified atom stereocenters. The van der Waals surface area contributed by atoms with Crippen molar-refractivity contribution < 1.29 is 13.6 Å². The highest BCUT2D eigenvalue weighted by Gasteiger charge is 2.33. The lowest BCUT2D eigenvalue weighted by Crippen LogP contribution is -2.42. The summed E-state index contributed by atoms with van der Waals surface area (Å²) >= 11 is 0. The number of carbonyl (C=O) groups is 1. The first-order valence-electron chi connectivity index (χ1n) is 9.14. The average molecular weight is 354 g/mol. The number of carbonyl (C=O) groups excluding carboxylic acids is 1. The highest BCUT2D eigenvalue weighted by Crippen LogP contribution is 2.32. The van der Waals surface area contributed by atoms with Gasteiger partial charge < -0.3 is 18.6 Å². The van der Waals surface area contributed by atoms with Crippen LogP contribution in [0.4, 0.5) is 5.88 Å². The molecule has 7 heteroatoms. The lowest BCUT2D eigenvalue weighted by atomic mass is 9.95. The normalized spacial score (nSPS) is 21.2. The van der Waals surface area contributed by atoms with Crippen molar-refractivity contribution in [1.82, 2.24) is 9.88 Å². The maximum atomic E-state index is 12.7. The van der Waals surface area contributed by atoms with E-state index in [4.69, 9.17) is 8.83 Å². The molecule has 0 aliphatic carbocycles. The molecule has 0 saturated carbocycles. The number of likely N-dealkylation sites (tertiary alicyclic amines) is 1. The molecular formula is C19H22N4O3. The van der Waals surface area contributed by atoms with Crippen molar-refractivity contribution in [3.63, 3.8) is 0 Å². The average Bonchev–Trinajstić information content (AvgIpc) is 3.41. The van der Waals surface area contributed by atoms with Crippen LogP contribution in [-0.4, -0.2) is 42.0 Å². The summed E-state index contributed by atoms with van der Waals surface area (Å²) in [7, 11) is 0. The largest absolute Gasteiger partial charge is 0.459 e. The number of hydrogen-bond donors (Lipinski definition) is 0. The molecule has 0 aromatic carbocycles. The molecule has 2 aliphatic rings. The van der Waals surface area contributed by atoms with Crippen molar-refractivity contribution in [2.45, 2.75) is 26.2 Å². The predicted molar refractivity (Wildman–Crippen MR) is 94.2 cm³/mol. The topological polar surface area (TPSA) is 86.5 Å². The molecule has 2 saturated heterocycles. The van der Waals surface area contributed by atoms with Gasteiger partial charge in [0, 0.05) is 32.1 Å². The van der Waals surface area contributed by atoms with Crippen LogP contribution in [0.5, 0.6) is 0 Å². The Bertz CT molecular complexity index is 812. The van der Waals surface area contributed by atoms with Gasteiger partial charge in [0.05, 0.1) is 6.26 Å². The zero-order valence-electron chi connectivity index (χ0n) is 14.9. The summed E-state index contributed by atoms with van der Waals surface area (Å²) in [5, 5.41) is 9.38. The SMILES string of the molecule is C[C@@H]1CCN(C(=O)C2CCN(c3oc(-c4ccco4)nc3C#N)CC2)C1. The Labute approximate surface area is 152 Å². The van der Waals surface area contributed by atoms with Gasteiger partial charge in [-0.1, -0.05) is 6.92 Å². The van der Waals surface area contributed by atoms with E-state index in [0.29, 0.717) is 36.5 Å². The minimum atomic E-state index is 0.0644. The van der Waals surface area contributed by atoms with Gasteiger partial charge >= 0.3 is 0 Å². The van der Waals surface area contributed by atoms with Crippen LogP contribution in [0, 0.1) is 23.2 Å². The van der Waals surface area contributed by atoms with E-state index in [1.165, 1.54) is 0 Å². The summed E-state index contributed by atoms with van der Waals surface area (Å²) in [6.07, 6.45) is 4.18. The summed E-state index contributed by atoms with van der Waals surface area (Å²) in [6.45, 7) is 5.32. The molecule has 4 rings (SSSR count). The van der Waals surface area contributed by atoms with Gasteiger partial charge in [0.25, 0.3) is 5.89 Å². The molecule has 2 aliphatic heterocycles. The maximum absolute atomic E-state index is 12.7. The van der Waals surface area contributed by atoms with Crippen LogP contribution in [0.2, 0.25) is 0 Å². The first-order chi connectivity index (χ1) is 12.7. The van der Waals surface area contributed by atoms with Crippen LogP contribution in [0.3, 0.4) is 0 Å². The van der Waals surface area contributed by atoms with Gasteiger partial charge in [-0.3, -0.25) is 4.79 Å². The Hall–Kier alpha value is -2.75. The minimum absolute atomic E-state index is 0.0644. The van der Waals surface area contributed by atoms with E-state index in [1.54, 1.807) is 18.4 Å². The third kappa shape index (κ3) is 3.07. The number of nitriles is 1.